The van der Waals surface area contributed by atoms with Crippen LogP contribution < -0.4 is 0 Å². The Morgan fingerprint density at radius 2 is 2.40 bits per heavy atom. The molecule has 0 saturated heterocycles. The fraction of sp³-hybridized carbons (Fsp3) is 0.333. The molecule has 1 heterocycles. The summed E-state index contributed by atoms with van der Waals surface area (Å²) in [6, 6.07) is 3.36. The second kappa shape index (κ2) is 3.61. The molecule has 0 unspecified atom stereocenters. The predicted octanol–water partition coefficient (Wildman–Crippen LogP) is 2.74. The molecule has 0 aliphatic rings. The summed E-state index contributed by atoms with van der Waals surface area (Å²) >= 11 is 0.562. The van der Waals surface area contributed by atoms with Gasteiger partial charge in [-0.2, -0.15) is 8.78 Å². The van der Waals surface area contributed by atoms with Crippen molar-refractivity contribution < 1.29 is 13.2 Å². The Kier molecular flexibility index (Phi) is 2.74. The van der Waals surface area contributed by atoms with Crippen LogP contribution in [-0.2, 0) is 5.75 Å². The molecule has 0 atom stereocenters. The lowest BCUT2D eigenvalue weighted by Gasteiger charge is -1.94. The first kappa shape index (κ1) is 7.60. The second-order valence-corrected chi connectivity index (χ2v) is 2.63. The zero-order valence-corrected chi connectivity index (χ0v) is 5.91. The topological polar surface area (TPSA) is 13.1 Å². The van der Waals surface area contributed by atoms with Gasteiger partial charge in [-0.25, -0.2) is 0 Å². The normalized spacial score (nSPS) is 10.7. The molecule has 0 N–H and O–H groups in total. The Hall–Kier alpha value is -0.510. The fourth-order valence-corrected chi connectivity index (χ4v) is 0.994. The van der Waals surface area contributed by atoms with E-state index in [1.54, 1.807) is 12.1 Å². The second-order valence-electron chi connectivity index (χ2n) is 1.65. The third-order valence-corrected chi connectivity index (χ3v) is 1.63. The van der Waals surface area contributed by atoms with Crippen LogP contribution in [0.5, 0.6) is 0 Å². The van der Waals surface area contributed by atoms with Crippen molar-refractivity contribution in [3.05, 3.63) is 24.2 Å². The summed E-state index contributed by atoms with van der Waals surface area (Å²) in [7, 11) is 0. The maximum absolute atomic E-state index is 11.5. The molecule has 10 heavy (non-hydrogen) atoms. The molecule has 1 aromatic heterocycles. The standard InChI is InChI=1S/C6H6F2OS/c7-6(8)10-4-5-2-1-3-9-5/h1-3,6H,4H2. The number of furan rings is 1. The van der Waals surface area contributed by atoms with Crippen molar-refractivity contribution in [3.8, 4) is 0 Å². The van der Waals surface area contributed by atoms with Gasteiger partial charge in [0.25, 0.3) is 5.76 Å². The van der Waals surface area contributed by atoms with Crippen LogP contribution in [0.1, 0.15) is 5.76 Å². The van der Waals surface area contributed by atoms with E-state index >= 15 is 0 Å². The highest BCUT2D eigenvalue weighted by Crippen LogP contribution is 2.19. The number of thioether (sulfide) groups is 1. The van der Waals surface area contributed by atoms with Gasteiger partial charge in [0.05, 0.1) is 12.0 Å². The van der Waals surface area contributed by atoms with Crippen LogP contribution in [0.3, 0.4) is 0 Å². The number of hydrogen-bond acceptors (Lipinski definition) is 2. The van der Waals surface area contributed by atoms with Crippen molar-refractivity contribution in [2.45, 2.75) is 11.5 Å². The van der Waals surface area contributed by atoms with Gasteiger partial charge in [0.2, 0.25) is 0 Å². The zero-order chi connectivity index (χ0) is 7.40. The molecule has 1 rings (SSSR count). The van der Waals surface area contributed by atoms with Gasteiger partial charge in [0.1, 0.15) is 5.76 Å². The number of halogens is 2. The van der Waals surface area contributed by atoms with Crippen LogP contribution in [0.4, 0.5) is 8.78 Å². The highest BCUT2D eigenvalue weighted by molar-refractivity contribution is 7.98. The lowest BCUT2D eigenvalue weighted by molar-refractivity contribution is 0.251. The van der Waals surface area contributed by atoms with Crippen molar-refractivity contribution in [1.82, 2.24) is 0 Å². The van der Waals surface area contributed by atoms with Gasteiger partial charge in [-0.1, -0.05) is 11.8 Å². The summed E-state index contributed by atoms with van der Waals surface area (Å²) in [6.07, 6.45) is 1.47. The van der Waals surface area contributed by atoms with Crippen LogP contribution in [0.2, 0.25) is 0 Å². The summed E-state index contributed by atoms with van der Waals surface area (Å²) in [6.45, 7) is 0. The van der Waals surface area contributed by atoms with Crippen molar-refractivity contribution in [3.63, 3.8) is 0 Å². The van der Waals surface area contributed by atoms with E-state index in [0.29, 0.717) is 17.5 Å². The average Bonchev–Trinajstić information content (AvgIpc) is 2.34. The minimum atomic E-state index is -2.31. The zero-order valence-electron chi connectivity index (χ0n) is 5.09. The van der Waals surface area contributed by atoms with E-state index < -0.39 is 5.76 Å². The Bertz CT molecular complexity index is 174. The van der Waals surface area contributed by atoms with Crippen LogP contribution in [-0.4, -0.2) is 5.76 Å². The molecule has 0 amide bonds. The van der Waals surface area contributed by atoms with Gasteiger partial charge in [-0.05, 0) is 12.1 Å². The molecule has 0 saturated carbocycles. The SMILES string of the molecule is FC(F)SCc1ccco1. The third-order valence-electron chi connectivity index (χ3n) is 0.932. The van der Waals surface area contributed by atoms with E-state index in [1.165, 1.54) is 6.26 Å². The van der Waals surface area contributed by atoms with Crippen molar-refractivity contribution in [1.29, 1.82) is 0 Å². The van der Waals surface area contributed by atoms with Crippen molar-refractivity contribution in [2.24, 2.45) is 0 Å². The number of rotatable bonds is 3. The number of alkyl halides is 2. The van der Waals surface area contributed by atoms with Gasteiger partial charge in [-0.15, -0.1) is 0 Å². The van der Waals surface area contributed by atoms with Crippen LogP contribution in [0, 0.1) is 0 Å². The molecule has 0 aliphatic carbocycles. The highest BCUT2D eigenvalue weighted by atomic mass is 32.2. The molecule has 0 radical (unpaired) electrons. The van der Waals surface area contributed by atoms with Gasteiger partial charge in [-0.3, -0.25) is 0 Å². The van der Waals surface area contributed by atoms with Crippen LogP contribution in [0.15, 0.2) is 22.8 Å². The molecule has 4 heteroatoms. The van der Waals surface area contributed by atoms with Crippen molar-refractivity contribution in [2.75, 3.05) is 0 Å². The maximum Gasteiger partial charge on any atom is 0.284 e. The number of hydrogen-bond donors (Lipinski definition) is 0. The third kappa shape index (κ3) is 2.39. The van der Waals surface area contributed by atoms with E-state index in [4.69, 9.17) is 4.42 Å². The molecular weight excluding hydrogens is 158 g/mol. The van der Waals surface area contributed by atoms with Gasteiger partial charge in [0, 0.05) is 0 Å². The predicted molar refractivity (Wildman–Crippen MR) is 36.0 cm³/mol. The summed E-state index contributed by atoms with van der Waals surface area (Å²) in [5, 5.41) is 0. The average molecular weight is 164 g/mol. The van der Waals surface area contributed by atoms with E-state index in [2.05, 4.69) is 0 Å². The van der Waals surface area contributed by atoms with Crippen molar-refractivity contribution >= 4 is 11.8 Å². The lowest BCUT2D eigenvalue weighted by Crippen LogP contribution is -1.82. The van der Waals surface area contributed by atoms with Crippen LogP contribution in [0.25, 0.3) is 0 Å². The Balaban J connectivity index is 2.28. The largest absolute Gasteiger partial charge is 0.468 e. The first-order valence-corrected chi connectivity index (χ1v) is 3.76. The first-order chi connectivity index (χ1) is 4.79. The van der Waals surface area contributed by atoms with E-state index in [1.807, 2.05) is 0 Å². The van der Waals surface area contributed by atoms with Crippen LogP contribution >= 0.6 is 11.8 Å². The van der Waals surface area contributed by atoms with Gasteiger partial charge in [0.15, 0.2) is 0 Å². The Morgan fingerprint density at radius 3 is 2.90 bits per heavy atom. The summed E-state index contributed by atoms with van der Waals surface area (Å²) < 4.78 is 27.9. The molecule has 56 valence electrons. The molecule has 1 nitrogen and oxygen atoms in total. The first-order valence-electron chi connectivity index (χ1n) is 2.71. The minimum absolute atomic E-state index is 0.241. The smallest absolute Gasteiger partial charge is 0.284 e. The lowest BCUT2D eigenvalue weighted by atomic mass is 10.5. The molecule has 0 aliphatic heterocycles. The summed E-state index contributed by atoms with van der Waals surface area (Å²) in [4.78, 5) is 0. The van der Waals surface area contributed by atoms with Gasteiger partial charge < -0.3 is 4.42 Å². The van der Waals surface area contributed by atoms with E-state index in [0.717, 1.165) is 0 Å². The molecule has 0 aromatic carbocycles. The maximum atomic E-state index is 11.5. The molecule has 1 aromatic rings. The highest BCUT2D eigenvalue weighted by Gasteiger charge is 2.03. The van der Waals surface area contributed by atoms with E-state index in [9.17, 15) is 8.78 Å². The molecule has 0 bridgehead atoms. The molecule has 0 spiro atoms. The minimum Gasteiger partial charge on any atom is -0.468 e. The Labute approximate surface area is 61.4 Å². The summed E-state index contributed by atoms with van der Waals surface area (Å²) in [5.41, 5.74) is 0. The fourth-order valence-electron chi connectivity index (χ4n) is 0.540. The van der Waals surface area contributed by atoms with E-state index in [-0.39, 0.29) is 5.75 Å². The molecule has 0 fully saturated rings. The molecular formula is C6H6F2OS. The van der Waals surface area contributed by atoms with Gasteiger partial charge >= 0.3 is 0 Å². The Morgan fingerprint density at radius 1 is 1.60 bits per heavy atom. The quantitative estimate of drug-likeness (QED) is 0.681. The monoisotopic (exact) mass is 164 g/mol. The summed E-state index contributed by atoms with van der Waals surface area (Å²) in [5.74, 6) is -1.49.